The van der Waals surface area contributed by atoms with E-state index in [-0.39, 0.29) is 5.91 Å². The van der Waals surface area contributed by atoms with Crippen molar-refractivity contribution in [2.75, 3.05) is 18.4 Å². The molecule has 3 aromatic carbocycles. The first-order chi connectivity index (χ1) is 16.2. The molecule has 1 amide bonds. The number of piperidine rings is 1. The van der Waals surface area contributed by atoms with Gasteiger partial charge in [0.25, 0.3) is 0 Å². The molecule has 1 aliphatic heterocycles. The predicted octanol–water partition coefficient (Wildman–Crippen LogP) is 5.13. The number of rotatable bonds is 6. The number of aromatic amines is 1. The smallest absolute Gasteiger partial charge is 0.235 e. The van der Waals surface area contributed by atoms with E-state index in [1.165, 1.54) is 0 Å². The number of nitrogens with zero attached hydrogens (tertiary/aromatic N) is 1. The Morgan fingerprint density at radius 2 is 1.55 bits per heavy atom. The summed E-state index contributed by atoms with van der Waals surface area (Å²) >= 11 is 0. The molecule has 33 heavy (non-hydrogen) atoms. The highest BCUT2D eigenvalue weighted by atomic mass is 16.5. The molecule has 166 valence electrons. The van der Waals surface area contributed by atoms with Crippen molar-refractivity contribution >= 4 is 11.6 Å². The van der Waals surface area contributed by atoms with E-state index in [2.05, 4.69) is 45.1 Å². The largest absolute Gasteiger partial charge is 0.457 e. The van der Waals surface area contributed by atoms with Crippen molar-refractivity contribution in [2.24, 2.45) is 0 Å². The van der Waals surface area contributed by atoms with E-state index in [9.17, 15) is 4.79 Å². The third-order valence-corrected chi connectivity index (χ3v) is 6.25. The molecule has 2 heterocycles. The molecular formula is C27H26N4O2. The van der Waals surface area contributed by atoms with E-state index in [1.54, 1.807) is 6.20 Å². The lowest BCUT2D eigenvalue weighted by Gasteiger charge is -2.37. The summed E-state index contributed by atoms with van der Waals surface area (Å²) in [5, 5.41) is 13.4. The number of nitrogens with one attached hydrogen (secondary N) is 3. The minimum Gasteiger partial charge on any atom is -0.457 e. The third-order valence-electron chi connectivity index (χ3n) is 6.25. The molecule has 5 rings (SSSR count). The first-order valence-corrected chi connectivity index (χ1v) is 11.2. The summed E-state index contributed by atoms with van der Waals surface area (Å²) in [4.78, 5) is 13.6. The molecule has 4 aromatic rings. The van der Waals surface area contributed by atoms with Crippen LogP contribution in [0.3, 0.4) is 0 Å². The van der Waals surface area contributed by atoms with Crippen molar-refractivity contribution in [3.63, 3.8) is 0 Å². The zero-order chi connectivity index (χ0) is 22.5. The zero-order valence-corrected chi connectivity index (χ0v) is 18.3. The van der Waals surface area contributed by atoms with Crippen LogP contribution in [0.15, 0.2) is 91.3 Å². The van der Waals surface area contributed by atoms with Gasteiger partial charge in [0.2, 0.25) is 5.91 Å². The lowest BCUT2D eigenvalue weighted by molar-refractivity contribution is -0.122. The highest BCUT2D eigenvalue weighted by molar-refractivity contribution is 5.99. The second kappa shape index (κ2) is 9.30. The van der Waals surface area contributed by atoms with Crippen LogP contribution in [0.25, 0.3) is 11.1 Å². The lowest BCUT2D eigenvalue weighted by atomic mass is 9.72. The molecule has 0 atom stereocenters. The Kier molecular flexibility index (Phi) is 5.91. The summed E-state index contributed by atoms with van der Waals surface area (Å²) in [6.07, 6.45) is 5.17. The van der Waals surface area contributed by atoms with E-state index in [1.807, 2.05) is 60.8 Å². The van der Waals surface area contributed by atoms with Gasteiger partial charge in [-0.3, -0.25) is 9.89 Å². The molecule has 0 saturated carbocycles. The Bertz CT molecular complexity index is 1180. The van der Waals surface area contributed by atoms with Crippen LogP contribution in [0.5, 0.6) is 11.5 Å². The van der Waals surface area contributed by atoms with Crippen LogP contribution in [0.2, 0.25) is 0 Å². The number of para-hydroxylation sites is 1. The zero-order valence-electron chi connectivity index (χ0n) is 18.3. The van der Waals surface area contributed by atoms with Crippen LogP contribution in [0.1, 0.15) is 18.4 Å². The van der Waals surface area contributed by atoms with Crippen molar-refractivity contribution < 1.29 is 9.53 Å². The van der Waals surface area contributed by atoms with Gasteiger partial charge in [0.1, 0.15) is 11.5 Å². The van der Waals surface area contributed by atoms with Crippen molar-refractivity contribution in [3.8, 4) is 22.6 Å². The highest BCUT2D eigenvalue weighted by Gasteiger charge is 2.41. The monoisotopic (exact) mass is 438 g/mol. The number of carbonyl (C=O) groups is 1. The number of H-pyrrole nitrogens is 1. The van der Waals surface area contributed by atoms with Crippen LogP contribution in [-0.2, 0) is 10.2 Å². The number of anilines is 1. The topological polar surface area (TPSA) is 79.0 Å². The van der Waals surface area contributed by atoms with Gasteiger partial charge in [-0.05, 0) is 73.5 Å². The number of amides is 1. The SMILES string of the molecule is O=C(Nc1ccc(Oc2ccccc2)cc1)C1(c2ccc(-c3cn[nH]c3)cc2)CCNCC1. The molecule has 1 fully saturated rings. The van der Waals surface area contributed by atoms with E-state index >= 15 is 0 Å². The minimum absolute atomic E-state index is 0.0248. The van der Waals surface area contributed by atoms with Crippen molar-refractivity contribution in [2.45, 2.75) is 18.3 Å². The predicted molar refractivity (Wildman–Crippen MR) is 129 cm³/mol. The lowest BCUT2D eigenvalue weighted by Crippen LogP contribution is -2.48. The summed E-state index contributed by atoms with van der Waals surface area (Å²) in [6.45, 7) is 1.61. The fourth-order valence-corrected chi connectivity index (χ4v) is 4.37. The highest BCUT2D eigenvalue weighted by Crippen LogP contribution is 2.36. The molecule has 6 nitrogen and oxygen atoms in total. The average molecular weight is 439 g/mol. The van der Waals surface area contributed by atoms with Gasteiger partial charge >= 0.3 is 0 Å². The maximum absolute atomic E-state index is 13.6. The Morgan fingerprint density at radius 1 is 0.848 bits per heavy atom. The van der Waals surface area contributed by atoms with Crippen LogP contribution < -0.4 is 15.4 Å². The van der Waals surface area contributed by atoms with Gasteiger partial charge in [-0.1, -0.05) is 42.5 Å². The Hall–Kier alpha value is -3.90. The molecule has 1 aliphatic rings. The molecule has 6 heteroatoms. The molecule has 3 N–H and O–H groups in total. The second-order valence-corrected chi connectivity index (χ2v) is 8.29. The van der Waals surface area contributed by atoms with Gasteiger partial charge in [0.05, 0.1) is 11.6 Å². The maximum Gasteiger partial charge on any atom is 0.235 e. The fourth-order valence-electron chi connectivity index (χ4n) is 4.37. The van der Waals surface area contributed by atoms with E-state index < -0.39 is 5.41 Å². The molecule has 0 unspecified atom stereocenters. The van der Waals surface area contributed by atoms with E-state index in [4.69, 9.17) is 4.74 Å². The summed E-state index contributed by atoms with van der Waals surface area (Å²) in [7, 11) is 0. The quantitative estimate of drug-likeness (QED) is 0.390. The van der Waals surface area contributed by atoms with E-state index in [0.29, 0.717) is 0 Å². The van der Waals surface area contributed by atoms with Gasteiger partial charge in [-0.25, -0.2) is 0 Å². The van der Waals surface area contributed by atoms with Gasteiger partial charge < -0.3 is 15.4 Å². The molecule has 0 aliphatic carbocycles. The summed E-state index contributed by atoms with van der Waals surface area (Å²) in [5.41, 5.74) is 3.33. The van der Waals surface area contributed by atoms with Crippen molar-refractivity contribution in [1.82, 2.24) is 15.5 Å². The standard InChI is InChI=1S/C27H26N4O2/c32-26(31-23-10-12-25(13-11-23)33-24-4-2-1-3-5-24)27(14-16-28-17-15-27)22-8-6-20(7-9-22)21-18-29-30-19-21/h1-13,18-19,28H,14-17H2,(H,29,30)(H,31,32). The fraction of sp³-hybridized carbons (Fsp3) is 0.185. The van der Waals surface area contributed by atoms with Gasteiger partial charge in [-0.2, -0.15) is 5.10 Å². The summed E-state index contributed by atoms with van der Waals surface area (Å²) in [6, 6.07) is 25.4. The Balaban J connectivity index is 1.34. The van der Waals surface area contributed by atoms with E-state index in [0.717, 1.165) is 59.8 Å². The number of benzene rings is 3. The maximum atomic E-state index is 13.6. The normalized spacial score (nSPS) is 15.0. The number of carbonyl (C=O) groups excluding carboxylic acids is 1. The molecule has 1 aromatic heterocycles. The van der Waals surface area contributed by atoms with Crippen LogP contribution >= 0.6 is 0 Å². The summed E-state index contributed by atoms with van der Waals surface area (Å²) < 4.78 is 5.86. The summed E-state index contributed by atoms with van der Waals surface area (Å²) in [5.74, 6) is 1.53. The van der Waals surface area contributed by atoms with Crippen LogP contribution in [0.4, 0.5) is 5.69 Å². The average Bonchev–Trinajstić information content (AvgIpc) is 3.42. The van der Waals surface area contributed by atoms with Crippen LogP contribution in [0, 0.1) is 0 Å². The van der Waals surface area contributed by atoms with Crippen LogP contribution in [-0.4, -0.2) is 29.2 Å². The first kappa shape index (κ1) is 21.0. The Morgan fingerprint density at radius 3 is 2.21 bits per heavy atom. The van der Waals surface area contributed by atoms with Gasteiger partial charge in [0.15, 0.2) is 0 Å². The van der Waals surface area contributed by atoms with Gasteiger partial charge in [0, 0.05) is 17.4 Å². The second-order valence-electron chi connectivity index (χ2n) is 8.29. The molecule has 0 bridgehead atoms. The number of hydrogen-bond acceptors (Lipinski definition) is 4. The van der Waals surface area contributed by atoms with Gasteiger partial charge in [-0.15, -0.1) is 0 Å². The molecule has 1 saturated heterocycles. The number of hydrogen-bond donors (Lipinski definition) is 3. The molecule has 0 spiro atoms. The number of ether oxygens (including phenoxy) is 1. The molecular weight excluding hydrogens is 412 g/mol. The van der Waals surface area contributed by atoms with Crippen molar-refractivity contribution in [3.05, 3.63) is 96.8 Å². The molecule has 0 radical (unpaired) electrons. The van der Waals surface area contributed by atoms with Crippen molar-refractivity contribution in [1.29, 1.82) is 0 Å². The first-order valence-electron chi connectivity index (χ1n) is 11.2. The third kappa shape index (κ3) is 4.52. The Labute approximate surface area is 193 Å². The number of aromatic nitrogens is 2. The minimum atomic E-state index is -0.570.